The molecule has 0 unspecified atom stereocenters. The molecule has 6 heteroatoms. The number of aromatic nitrogens is 1. The fraction of sp³-hybridized carbons (Fsp3) is 0.154. The van der Waals surface area contributed by atoms with Crippen molar-refractivity contribution in [3.8, 4) is 11.1 Å². The van der Waals surface area contributed by atoms with E-state index < -0.39 is 24.3 Å². The first-order valence-corrected chi connectivity index (χ1v) is 5.36. The number of aliphatic hydroxyl groups is 1. The number of halogens is 4. The van der Waals surface area contributed by atoms with Crippen LogP contribution in [-0.4, -0.2) is 10.1 Å². The van der Waals surface area contributed by atoms with Gasteiger partial charge in [-0.3, -0.25) is 0 Å². The van der Waals surface area contributed by atoms with Gasteiger partial charge in [0.2, 0.25) is 0 Å². The molecule has 0 aliphatic carbocycles. The van der Waals surface area contributed by atoms with Crippen LogP contribution in [0.1, 0.15) is 11.4 Å². The van der Waals surface area contributed by atoms with E-state index in [1.54, 1.807) is 6.07 Å². The topological polar surface area (TPSA) is 33.1 Å². The Hall–Kier alpha value is -1.95. The molecule has 100 valence electrons. The Balaban J connectivity index is 2.57. The van der Waals surface area contributed by atoms with E-state index in [1.807, 2.05) is 0 Å². The summed E-state index contributed by atoms with van der Waals surface area (Å²) in [6, 6.07) is 7.50. The zero-order valence-corrected chi connectivity index (χ0v) is 9.58. The van der Waals surface area contributed by atoms with Gasteiger partial charge in [0.05, 0.1) is 12.3 Å². The summed E-state index contributed by atoms with van der Waals surface area (Å²) in [6.45, 7) is -0.701. The first kappa shape index (κ1) is 13.5. The van der Waals surface area contributed by atoms with Crippen molar-refractivity contribution in [1.29, 1.82) is 0 Å². The van der Waals surface area contributed by atoms with Crippen molar-refractivity contribution < 1.29 is 22.7 Å². The Morgan fingerprint density at radius 3 is 2.26 bits per heavy atom. The van der Waals surface area contributed by atoms with Crippen LogP contribution in [0.4, 0.5) is 17.6 Å². The second-order valence-corrected chi connectivity index (χ2v) is 3.83. The van der Waals surface area contributed by atoms with Crippen LogP contribution in [0.5, 0.6) is 0 Å². The van der Waals surface area contributed by atoms with E-state index in [2.05, 4.69) is 4.98 Å². The Labute approximate surface area is 106 Å². The van der Waals surface area contributed by atoms with Crippen LogP contribution in [0, 0.1) is 5.82 Å². The second kappa shape index (κ2) is 4.97. The van der Waals surface area contributed by atoms with Crippen LogP contribution >= 0.6 is 0 Å². The van der Waals surface area contributed by atoms with E-state index in [-0.39, 0.29) is 16.8 Å². The van der Waals surface area contributed by atoms with E-state index >= 15 is 0 Å². The van der Waals surface area contributed by atoms with Gasteiger partial charge < -0.3 is 5.11 Å². The minimum Gasteiger partial charge on any atom is -0.390 e. The van der Waals surface area contributed by atoms with Gasteiger partial charge in [-0.2, -0.15) is 13.2 Å². The second-order valence-electron chi connectivity index (χ2n) is 3.83. The van der Waals surface area contributed by atoms with Gasteiger partial charge in [0, 0.05) is 11.1 Å². The zero-order valence-electron chi connectivity index (χ0n) is 9.58. The summed E-state index contributed by atoms with van der Waals surface area (Å²) in [7, 11) is 0. The predicted octanol–water partition coefficient (Wildman–Crippen LogP) is 3.40. The maximum Gasteiger partial charge on any atom is 0.433 e. The van der Waals surface area contributed by atoms with Gasteiger partial charge in [-0.05, 0) is 12.1 Å². The van der Waals surface area contributed by atoms with Crippen LogP contribution in [0.15, 0.2) is 36.4 Å². The number of hydrogen-bond donors (Lipinski definition) is 1. The smallest absolute Gasteiger partial charge is 0.390 e. The molecule has 0 aliphatic rings. The number of benzene rings is 1. The van der Waals surface area contributed by atoms with Crippen LogP contribution in [0.25, 0.3) is 11.1 Å². The number of rotatable bonds is 2. The van der Waals surface area contributed by atoms with Gasteiger partial charge in [0.1, 0.15) is 11.5 Å². The molecule has 2 nitrogen and oxygen atoms in total. The lowest BCUT2D eigenvalue weighted by molar-refractivity contribution is -0.141. The van der Waals surface area contributed by atoms with E-state index in [9.17, 15) is 17.6 Å². The molecule has 0 fully saturated rings. The minimum atomic E-state index is -4.60. The monoisotopic (exact) mass is 271 g/mol. The maximum atomic E-state index is 13.6. The molecule has 0 radical (unpaired) electrons. The fourth-order valence-corrected chi connectivity index (χ4v) is 1.70. The van der Waals surface area contributed by atoms with Crippen LogP contribution in [-0.2, 0) is 12.8 Å². The van der Waals surface area contributed by atoms with E-state index in [1.165, 1.54) is 18.2 Å². The third-order valence-corrected chi connectivity index (χ3v) is 2.58. The quantitative estimate of drug-likeness (QED) is 0.849. The molecule has 1 aromatic carbocycles. The van der Waals surface area contributed by atoms with Gasteiger partial charge in [0.15, 0.2) is 0 Å². The van der Waals surface area contributed by atoms with Gasteiger partial charge in [-0.1, -0.05) is 24.3 Å². The first-order chi connectivity index (χ1) is 8.93. The molecular weight excluding hydrogens is 262 g/mol. The van der Waals surface area contributed by atoms with Crippen molar-refractivity contribution in [2.45, 2.75) is 12.8 Å². The van der Waals surface area contributed by atoms with Crippen molar-refractivity contribution in [2.24, 2.45) is 0 Å². The van der Waals surface area contributed by atoms with Crippen molar-refractivity contribution in [3.05, 3.63) is 53.6 Å². The number of nitrogens with zero attached hydrogens (tertiary/aromatic N) is 1. The highest BCUT2D eigenvalue weighted by Gasteiger charge is 2.33. The summed E-state index contributed by atoms with van der Waals surface area (Å²) >= 11 is 0. The lowest BCUT2D eigenvalue weighted by Crippen LogP contribution is -2.10. The van der Waals surface area contributed by atoms with Crippen molar-refractivity contribution >= 4 is 0 Å². The molecule has 2 aromatic rings. The third-order valence-electron chi connectivity index (χ3n) is 2.58. The normalized spacial score (nSPS) is 11.6. The van der Waals surface area contributed by atoms with Gasteiger partial charge in [0.25, 0.3) is 0 Å². The highest BCUT2D eigenvalue weighted by molar-refractivity contribution is 5.66. The van der Waals surface area contributed by atoms with Crippen molar-refractivity contribution in [2.75, 3.05) is 0 Å². The highest BCUT2D eigenvalue weighted by Crippen LogP contribution is 2.31. The van der Waals surface area contributed by atoms with Gasteiger partial charge in [-0.25, -0.2) is 9.37 Å². The minimum absolute atomic E-state index is 0.104. The molecule has 0 atom stereocenters. The Morgan fingerprint density at radius 2 is 1.68 bits per heavy atom. The number of aliphatic hydroxyl groups excluding tert-OH is 1. The van der Waals surface area contributed by atoms with E-state index in [0.717, 1.165) is 12.1 Å². The molecule has 0 saturated carbocycles. The van der Waals surface area contributed by atoms with Crippen molar-refractivity contribution in [1.82, 2.24) is 4.98 Å². The molecular formula is C13H9F4NO. The summed E-state index contributed by atoms with van der Waals surface area (Å²) < 4.78 is 51.1. The molecule has 1 aromatic heterocycles. The van der Waals surface area contributed by atoms with Crippen LogP contribution in [0.3, 0.4) is 0 Å². The SMILES string of the molecule is OCc1nc(C(F)(F)F)ccc1-c1ccccc1F. The summed E-state index contributed by atoms with van der Waals surface area (Å²) in [5, 5.41) is 9.11. The third kappa shape index (κ3) is 2.73. The molecule has 0 amide bonds. The van der Waals surface area contributed by atoms with E-state index in [4.69, 9.17) is 5.11 Å². The summed E-state index contributed by atoms with van der Waals surface area (Å²) in [5.41, 5.74) is -1.07. The number of pyridine rings is 1. The Bertz CT molecular complexity index is 595. The van der Waals surface area contributed by atoms with Gasteiger partial charge >= 0.3 is 6.18 Å². The predicted molar refractivity (Wildman–Crippen MR) is 60.6 cm³/mol. The number of alkyl halides is 3. The summed E-state index contributed by atoms with van der Waals surface area (Å²) in [4.78, 5) is 3.34. The van der Waals surface area contributed by atoms with Crippen LogP contribution < -0.4 is 0 Å². The Kier molecular flexibility index (Phi) is 3.53. The molecule has 0 saturated heterocycles. The molecule has 1 N–H and O–H groups in total. The molecule has 1 heterocycles. The fourth-order valence-electron chi connectivity index (χ4n) is 1.70. The molecule has 0 bridgehead atoms. The molecule has 0 spiro atoms. The van der Waals surface area contributed by atoms with E-state index in [0.29, 0.717) is 0 Å². The van der Waals surface area contributed by atoms with Crippen LogP contribution in [0.2, 0.25) is 0 Å². The largest absolute Gasteiger partial charge is 0.433 e. The molecule has 19 heavy (non-hydrogen) atoms. The lowest BCUT2D eigenvalue weighted by atomic mass is 10.0. The average Bonchev–Trinajstić information content (AvgIpc) is 2.37. The van der Waals surface area contributed by atoms with Crippen molar-refractivity contribution in [3.63, 3.8) is 0 Å². The number of hydrogen-bond acceptors (Lipinski definition) is 2. The standard InChI is InChI=1S/C13H9F4NO/c14-10-4-2-1-3-8(10)9-5-6-12(13(15,16)17)18-11(9)7-19/h1-6,19H,7H2. The molecule has 0 aliphatic heterocycles. The lowest BCUT2D eigenvalue weighted by Gasteiger charge is -2.11. The highest BCUT2D eigenvalue weighted by atomic mass is 19.4. The average molecular weight is 271 g/mol. The summed E-state index contributed by atoms with van der Waals surface area (Å²) in [6.07, 6.45) is -4.60. The summed E-state index contributed by atoms with van der Waals surface area (Å²) in [5.74, 6) is -0.584. The zero-order chi connectivity index (χ0) is 14.0. The maximum absolute atomic E-state index is 13.6. The molecule has 2 rings (SSSR count). The Morgan fingerprint density at radius 1 is 1.00 bits per heavy atom. The van der Waals surface area contributed by atoms with Gasteiger partial charge in [-0.15, -0.1) is 0 Å². The first-order valence-electron chi connectivity index (χ1n) is 5.36.